The molecule has 0 spiro atoms. The van der Waals surface area contributed by atoms with E-state index in [1.807, 2.05) is 0 Å². The first-order valence-electron chi connectivity index (χ1n) is 5.12. The summed E-state index contributed by atoms with van der Waals surface area (Å²) in [5.41, 5.74) is 3.36. The van der Waals surface area contributed by atoms with Gasteiger partial charge in [-0.25, -0.2) is 9.37 Å². The zero-order chi connectivity index (χ0) is 13.8. The monoisotopic (exact) mass is 317 g/mol. The Bertz CT molecular complexity index is 614. The van der Waals surface area contributed by atoms with Crippen LogP contribution in [0.25, 0.3) is 0 Å². The molecule has 0 atom stereocenters. The molecule has 0 bridgehead atoms. The number of anilines is 1. The first kappa shape index (κ1) is 14.1. The molecule has 0 saturated heterocycles. The Morgan fingerprint density at radius 2 is 1.79 bits per heavy atom. The molecule has 0 unspecified atom stereocenters. The first-order valence-corrected chi connectivity index (χ1v) is 6.26. The van der Waals surface area contributed by atoms with Crippen LogP contribution in [0.15, 0.2) is 35.4 Å². The highest BCUT2D eigenvalue weighted by Gasteiger charge is 2.06. The predicted octanol–water partition coefficient (Wildman–Crippen LogP) is 4.63. The summed E-state index contributed by atoms with van der Waals surface area (Å²) in [5, 5.41) is 4.62. The van der Waals surface area contributed by atoms with Gasteiger partial charge in [-0.05, 0) is 23.8 Å². The van der Waals surface area contributed by atoms with Gasteiger partial charge in [0.1, 0.15) is 11.0 Å². The van der Waals surface area contributed by atoms with Crippen LogP contribution in [0.3, 0.4) is 0 Å². The van der Waals surface area contributed by atoms with Crippen LogP contribution in [-0.4, -0.2) is 11.2 Å². The Morgan fingerprint density at radius 1 is 1.11 bits per heavy atom. The van der Waals surface area contributed by atoms with Crippen LogP contribution >= 0.6 is 34.8 Å². The van der Waals surface area contributed by atoms with Crippen LogP contribution in [0.4, 0.5) is 10.2 Å². The summed E-state index contributed by atoms with van der Waals surface area (Å²) < 4.78 is 12.7. The van der Waals surface area contributed by atoms with Crippen LogP contribution in [-0.2, 0) is 0 Å². The number of nitrogens with zero attached hydrogens (tertiary/aromatic N) is 2. The number of hydrogen-bond donors (Lipinski definition) is 1. The fourth-order valence-electron chi connectivity index (χ4n) is 1.24. The van der Waals surface area contributed by atoms with Gasteiger partial charge in [0.05, 0.1) is 16.3 Å². The van der Waals surface area contributed by atoms with E-state index in [2.05, 4.69) is 15.5 Å². The molecule has 0 aliphatic heterocycles. The zero-order valence-corrected chi connectivity index (χ0v) is 11.6. The molecule has 3 nitrogen and oxygen atoms in total. The Balaban J connectivity index is 2.10. The molecule has 0 radical (unpaired) electrons. The smallest absolute Gasteiger partial charge is 0.166 e. The number of hydrazone groups is 1. The van der Waals surface area contributed by atoms with E-state index >= 15 is 0 Å². The SMILES string of the molecule is Fc1ccc(/C=N\Nc2nc(Cl)c(Cl)cc2Cl)cc1. The molecule has 1 N–H and O–H groups in total. The van der Waals surface area contributed by atoms with Gasteiger partial charge in [-0.1, -0.05) is 46.9 Å². The molecule has 7 heteroatoms. The van der Waals surface area contributed by atoms with Gasteiger partial charge in [-0.2, -0.15) is 5.10 Å². The van der Waals surface area contributed by atoms with Crippen molar-refractivity contribution >= 4 is 46.8 Å². The summed E-state index contributed by atoms with van der Waals surface area (Å²) in [6.45, 7) is 0. The van der Waals surface area contributed by atoms with Gasteiger partial charge in [0.2, 0.25) is 0 Å². The molecule has 0 amide bonds. The predicted molar refractivity (Wildman–Crippen MR) is 76.9 cm³/mol. The fourth-order valence-corrected chi connectivity index (χ4v) is 1.78. The van der Waals surface area contributed by atoms with Crippen molar-refractivity contribution in [2.24, 2.45) is 5.10 Å². The second-order valence-corrected chi connectivity index (χ2v) is 4.69. The summed E-state index contributed by atoms with van der Waals surface area (Å²) >= 11 is 17.4. The second kappa shape index (κ2) is 6.19. The number of halogens is 4. The molecular formula is C12H7Cl3FN3. The van der Waals surface area contributed by atoms with E-state index in [0.29, 0.717) is 5.02 Å². The molecule has 0 aliphatic carbocycles. The van der Waals surface area contributed by atoms with Gasteiger partial charge in [0, 0.05) is 0 Å². The van der Waals surface area contributed by atoms with E-state index in [1.54, 1.807) is 12.1 Å². The average molecular weight is 319 g/mol. The maximum absolute atomic E-state index is 12.7. The average Bonchev–Trinajstić information content (AvgIpc) is 2.38. The number of hydrogen-bond acceptors (Lipinski definition) is 3. The summed E-state index contributed by atoms with van der Waals surface area (Å²) in [6.07, 6.45) is 1.50. The van der Waals surface area contributed by atoms with E-state index in [0.717, 1.165) is 5.56 Å². The van der Waals surface area contributed by atoms with Crippen molar-refractivity contribution in [1.82, 2.24) is 4.98 Å². The van der Waals surface area contributed by atoms with Crippen LogP contribution in [0.5, 0.6) is 0 Å². The number of nitrogens with one attached hydrogen (secondary N) is 1. The maximum atomic E-state index is 12.7. The minimum atomic E-state index is -0.306. The lowest BCUT2D eigenvalue weighted by Crippen LogP contribution is -1.95. The fraction of sp³-hybridized carbons (Fsp3) is 0. The molecule has 1 heterocycles. The number of aromatic nitrogens is 1. The van der Waals surface area contributed by atoms with Crippen LogP contribution < -0.4 is 5.43 Å². The minimum Gasteiger partial charge on any atom is -0.260 e. The van der Waals surface area contributed by atoms with E-state index in [4.69, 9.17) is 34.8 Å². The van der Waals surface area contributed by atoms with Gasteiger partial charge in [0.15, 0.2) is 5.82 Å². The molecule has 98 valence electrons. The van der Waals surface area contributed by atoms with Crippen LogP contribution in [0.2, 0.25) is 15.2 Å². The third-order valence-electron chi connectivity index (χ3n) is 2.14. The minimum absolute atomic E-state index is 0.130. The van der Waals surface area contributed by atoms with Crippen molar-refractivity contribution in [2.75, 3.05) is 5.43 Å². The molecule has 2 rings (SSSR count). The summed E-state index contributed by atoms with van der Waals surface area (Å²) in [5.74, 6) is -0.0197. The molecule has 0 aliphatic rings. The molecule has 1 aromatic carbocycles. The number of rotatable bonds is 3. The third kappa shape index (κ3) is 3.80. The van der Waals surface area contributed by atoms with Crippen molar-refractivity contribution in [3.8, 4) is 0 Å². The van der Waals surface area contributed by atoms with Crippen LogP contribution in [0, 0.1) is 5.82 Å². The highest BCUT2D eigenvalue weighted by Crippen LogP contribution is 2.28. The summed E-state index contributed by atoms with van der Waals surface area (Å²) in [7, 11) is 0. The quantitative estimate of drug-likeness (QED) is 0.509. The Hall–Kier alpha value is -1.36. The van der Waals surface area contributed by atoms with Crippen LogP contribution in [0.1, 0.15) is 5.56 Å². The van der Waals surface area contributed by atoms with E-state index in [-0.39, 0.29) is 21.8 Å². The van der Waals surface area contributed by atoms with Crippen molar-refractivity contribution in [2.45, 2.75) is 0 Å². The molecule has 2 aromatic rings. The van der Waals surface area contributed by atoms with Crippen molar-refractivity contribution < 1.29 is 4.39 Å². The molecule has 0 saturated carbocycles. The van der Waals surface area contributed by atoms with Gasteiger partial charge in [0.25, 0.3) is 0 Å². The van der Waals surface area contributed by atoms with Crippen molar-refractivity contribution in [3.05, 3.63) is 56.9 Å². The highest BCUT2D eigenvalue weighted by molar-refractivity contribution is 6.42. The first-order chi connectivity index (χ1) is 9.06. The van der Waals surface area contributed by atoms with E-state index < -0.39 is 0 Å². The lowest BCUT2D eigenvalue weighted by molar-refractivity contribution is 0.628. The summed E-state index contributed by atoms with van der Waals surface area (Å²) in [6, 6.07) is 7.32. The lowest BCUT2D eigenvalue weighted by Gasteiger charge is -2.03. The third-order valence-corrected chi connectivity index (χ3v) is 3.10. The number of pyridine rings is 1. The van der Waals surface area contributed by atoms with Crippen molar-refractivity contribution in [3.63, 3.8) is 0 Å². The molecule has 0 fully saturated rings. The zero-order valence-electron chi connectivity index (χ0n) is 9.37. The largest absolute Gasteiger partial charge is 0.260 e. The topological polar surface area (TPSA) is 37.3 Å². The Kier molecular flexibility index (Phi) is 4.58. The van der Waals surface area contributed by atoms with Gasteiger partial charge in [-0.15, -0.1) is 0 Å². The Morgan fingerprint density at radius 3 is 2.47 bits per heavy atom. The molecule has 1 aromatic heterocycles. The Labute approximate surface area is 124 Å². The van der Waals surface area contributed by atoms with Gasteiger partial charge < -0.3 is 0 Å². The van der Waals surface area contributed by atoms with Gasteiger partial charge >= 0.3 is 0 Å². The van der Waals surface area contributed by atoms with E-state index in [9.17, 15) is 4.39 Å². The van der Waals surface area contributed by atoms with Gasteiger partial charge in [-0.3, -0.25) is 5.43 Å². The van der Waals surface area contributed by atoms with E-state index in [1.165, 1.54) is 24.4 Å². The van der Waals surface area contributed by atoms with Crippen molar-refractivity contribution in [1.29, 1.82) is 0 Å². The molecular weight excluding hydrogens is 312 g/mol. The summed E-state index contributed by atoms with van der Waals surface area (Å²) in [4.78, 5) is 3.93. The maximum Gasteiger partial charge on any atom is 0.166 e. The second-order valence-electron chi connectivity index (χ2n) is 3.51. The molecule has 19 heavy (non-hydrogen) atoms. The lowest BCUT2D eigenvalue weighted by atomic mass is 10.2. The number of benzene rings is 1. The highest BCUT2D eigenvalue weighted by atomic mass is 35.5. The normalized spacial score (nSPS) is 10.9. The standard InChI is InChI=1S/C12H7Cl3FN3/c13-9-5-10(14)12(18-11(9)15)19-17-6-7-1-3-8(16)4-2-7/h1-6H,(H,18,19)/b17-6-.